The summed E-state index contributed by atoms with van der Waals surface area (Å²) in [6, 6.07) is 1.19. The van der Waals surface area contributed by atoms with Gasteiger partial charge >= 0.3 is 0 Å². The fourth-order valence-electron chi connectivity index (χ4n) is 0.882. The Hall–Kier alpha value is -0.870. The Morgan fingerprint density at radius 2 is 2.12 bits per heavy atom. The molecule has 0 aliphatic rings. The summed E-state index contributed by atoms with van der Waals surface area (Å²) < 4.78 is 18.7. The zero-order valence-corrected chi connectivity index (χ0v) is 10.7. The molecule has 0 bridgehead atoms. The lowest BCUT2D eigenvalue weighted by Gasteiger charge is -2.31. The molecule has 0 radical (unpaired) electrons. The van der Waals surface area contributed by atoms with Crippen molar-refractivity contribution in [1.82, 2.24) is 9.88 Å². The fourth-order valence-corrected chi connectivity index (χ4v) is 1.03. The molecule has 0 aromatic carbocycles. The number of nitrogens with zero attached hydrogens (tertiary/aromatic N) is 2. The molecule has 0 N–H and O–H groups in total. The van der Waals surface area contributed by atoms with E-state index in [-0.39, 0.29) is 16.4 Å². The highest BCUT2D eigenvalue weighted by molar-refractivity contribution is 6.30. The van der Waals surface area contributed by atoms with E-state index in [1.165, 1.54) is 12.3 Å². The molecule has 0 aliphatic heterocycles. The van der Waals surface area contributed by atoms with Gasteiger partial charge in [-0.25, -0.2) is 9.37 Å². The summed E-state index contributed by atoms with van der Waals surface area (Å²) in [5.74, 6) is -0.554. The van der Waals surface area contributed by atoms with Crippen LogP contribution in [0.4, 0.5) is 4.39 Å². The maximum Gasteiger partial charge on any atom is 0.250 e. The summed E-state index contributed by atoms with van der Waals surface area (Å²) in [4.78, 5) is 5.79. The van der Waals surface area contributed by atoms with Gasteiger partial charge in [0.2, 0.25) is 0 Å². The van der Waals surface area contributed by atoms with Crippen LogP contribution in [0.25, 0.3) is 0 Å². The third-order valence-corrected chi connectivity index (χ3v) is 2.75. The van der Waals surface area contributed by atoms with Crippen molar-refractivity contribution in [2.45, 2.75) is 19.4 Å². The van der Waals surface area contributed by atoms with Crippen molar-refractivity contribution >= 4 is 11.6 Å². The number of hydrogen-bond acceptors (Lipinski definition) is 3. The maximum absolute atomic E-state index is 13.3. The van der Waals surface area contributed by atoms with Crippen LogP contribution < -0.4 is 4.74 Å². The Bertz CT molecular complexity index is 369. The second-order valence-corrected chi connectivity index (χ2v) is 4.87. The van der Waals surface area contributed by atoms with Gasteiger partial charge in [-0.15, -0.1) is 0 Å². The van der Waals surface area contributed by atoms with E-state index >= 15 is 0 Å². The van der Waals surface area contributed by atoms with Crippen LogP contribution in [0.5, 0.6) is 5.88 Å². The van der Waals surface area contributed by atoms with Gasteiger partial charge < -0.3 is 9.64 Å². The van der Waals surface area contributed by atoms with E-state index in [1.54, 1.807) is 0 Å². The van der Waals surface area contributed by atoms with Crippen molar-refractivity contribution in [3.8, 4) is 5.88 Å². The van der Waals surface area contributed by atoms with Gasteiger partial charge in [0.15, 0.2) is 5.82 Å². The highest BCUT2D eigenvalue weighted by Gasteiger charge is 2.22. The molecule has 0 aliphatic carbocycles. The number of halogens is 2. The summed E-state index contributed by atoms with van der Waals surface area (Å²) in [5.41, 5.74) is -0.187. The predicted octanol–water partition coefficient (Wildman–Crippen LogP) is 2.59. The minimum atomic E-state index is -0.540. The van der Waals surface area contributed by atoms with Crippen LogP contribution in [0, 0.1) is 5.82 Å². The molecule has 0 fully saturated rings. The van der Waals surface area contributed by atoms with Crippen LogP contribution in [0.15, 0.2) is 12.3 Å². The van der Waals surface area contributed by atoms with Crippen LogP contribution in [0.2, 0.25) is 5.02 Å². The monoisotopic (exact) mass is 246 g/mol. The molecule has 3 nitrogen and oxygen atoms in total. The Morgan fingerprint density at radius 1 is 1.50 bits per heavy atom. The number of rotatable bonds is 4. The molecule has 0 saturated heterocycles. The van der Waals surface area contributed by atoms with E-state index in [1.807, 2.05) is 32.8 Å². The first-order valence-electron chi connectivity index (χ1n) is 4.94. The summed E-state index contributed by atoms with van der Waals surface area (Å²) >= 11 is 5.59. The minimum absolute atomic E-state index is 0.0145. The molecule has 0 unspecified atom stereocenters. The molecule has 1 rings (SSSR count). The van der Waals surface area contributed by atoms with Crippen molar-refractivity contribution in [1.29, 1.82) is 0 Å². The molecular formula is C11H16ClFN2O. The molecule has 0 atom stereocenters. The molecule has 0 amide bonds. The molecule has 0 spiro atoms. The normalized spacial score (nSPS) is 11.9. The van der Waals surface area contributed by atoms with Gasteiger partial charge in [-0.1, -0.05) is 11.6 Å². The summed E-state index contributed by atoms with van der Waals surface area (Å²) in [6.07, 6.45) is 1.36. The summed E-state index contributed by atoms with van der Waals surface area (Å²) in [7, 11) is 3.88. The van der Waals surface area contributed by atoms with Crippen molar-refractivity contribution in [2.75, 3.05) is 20.7 Å². The maximum atomic E-state index is 13.3. The highest BCUT2D eigenvalue weighted by Crippen LogP contribution is 2.19. The average Bonchev–Trinajstić information content (AvgIpc) is 2.16. The van der Waals surface area contributed by atoms with Crippen molar-refractivity contribution in [2.24, 2.45) is 0 Å². The molecule has 0 saturated carbocycles. The van der Waals surface area contributed by atoms with Gasteiger partial charge in [0, 0.05) is 11.7 Å². The number of pyridine rings is 1. The lowest BCUT2D eigenvalue weighted by atomic mass is 10.1. The third kappa shape index (κ3) is 3.32. The van der Waals surface area contributed by atoms with E-state index in [2.05, 4.69) is 4.98 Å². The van der Waals surface area contributed by atoms with Crippen molar-refractivity contribution in [3.63, 3.8) is 0 Å². The first-order chi connectivity index (χ1) is 7.33. The number of likely N-dealkylation sites (N-methyl/N-ethyl adjacent to an activating group) is 1. The van der Waals surface area contributed by atoms with Crippen LogP contribution in [-0.2, 0) is 0 Å². The lowest BCUT2D eigenvalue weighted by molar-refractivity contribution is 0.108. The number of hydrogen-bond donors (Lipinski definition) is 0. The van der Waals surface area contributed by atoms with E-state index in [9.17, 15) is 4.39 Å². The highest BCUT2D eigenvalue weighted by atomic mass is 35.5. The van der Waals surface area contributed by atoms with Crippen molar-refractivity contribution < 1.29 is 9.13 Å². The molecule has 1 heterocycles. The molecule has 1 aromatic rings. The Balaban J connectivity index is 2.68. The molecule has 1 aromatic heterocycles. The lowest BCUT2D eigenvalue weighted by Crippen LogP contribution is -2.43. The first kappa shape index (κ1) is 13.2. The first-order valence-corrected chi connectivity index (χ1v) is 5.32. The van der Waals surface area contributed by atoms with Gasteiger partial charge in [0.25, 0.3) is 5.88 Å². The molecular weight excluding hydrogens is 231 g/mol. The van der Waals surface area contributed by atoms with E-state index in [0.29, 0.717) is 6.61 Å². The second-order valence-electron chi connectivity index (χ2n) is 4.44. The molecule has 5 heteroatoms. The molecule has 90 valence electrons. The van der Waals surface area contributed by atoms with Gasteiger partial charge in [0.1, 0.15) is 6.61 Å². The largest absolute Gasteiger partial charge is 0.474 e. The third-order valence-electron chi connectivity index (χ3n) is 2.55. The van der Waals surface area contributed by atoms with E-state index in [4.69, 9.17) is 16.3 Å². The van der Waals surface area contributed by atoms with E-state index in [0.717, 1.165) is 0 Å². The van der Waals surface area contributed by atoms with Gasteiger partial charge in [-0.05, 0) is 34.0 Å². The van der Waals surface area contributed by atoms with Gasteiger partial charge in [-0.3, -0.25) is 0 Å². The van der Waals surface area contributed by atoms with Crippen LogP contribution in [-0.4, -0.2) is 36.1 Å². The zero-order valence-electron chi connectivity index (χ0n) is 9.92. The smallest absolute Gasteiger partial charge is 0.250 e. The van der Waals surface area contributed by atoms with Crippen LogP contribution in [0.1, 0.15) is 13.8 Å². The number of ether oxygens (including phenoxy) is 1. The Labute approximate surface area is 100 Å². The summed E-state index contributed by atoms with van der Waals surface area (Å²) in [6.45, 7) is 4.35. The standard InChI is InChI=1S/C11H16ClFN2O/c1-11(2,15(3)4)7-16-10-9(13)5-8(12)6-14-10/h5-6H,7H2,1-4H3. The summed E-state index contributed by atoms with van der Waals surface area (Å²) in [5, 5.41) is 0.261. The molecule has 16 heavy (non-hydrogen) atoms. The predicted molar refractivity (Wildman–Crippen MR) is 62.5 cm³/mol. The quantitative estimate of drug-likeness (QED) is 0.817. The SMILES string of the molecule is CN(C)C(C)(C)COc1ncc(Cl)cc1F. The Morgan fingerprint density at radius 3 is 2.62 bits per heavy atom. The second kappa shape index (κ2) is 4.97. The fraction of sp³-hybridized carbons (Fsp3) is 0.545. The Kier molecular flexibility index (Phi) is 4.10. The zero-order chi connectivity index (χ0) is 12.3. The topological polar surface area (TPSA) is 25.4 Å². The van der Waals surface area contributed by atoms with Crippen LogP contribution >= 0.6 is 11.6 Å². The van der Waals surface area contributed by atoms with Gasteiger partial charge in [-0.2, -0.15) is 0 Å². The van der Waals surface area contributed by atoms with Gasteiger partial charge in [0.05, 0.1) is 5.02 Å². The number of aromatic nitrogens is 1. The van der Waals surface area contributed by atoms with Crippen molar-refractivity contribution in [3.05, 3.63) is 23.1 Å². The average molecular weight is 247 g/mol. The van der Waals surface area contributed by atoms with E-state index < -0.39 is 5.82 Å². The minimum Gasteiger partial charge on any atom is -0.474 e. The van der Waals surface area contributed by atoms with Crippen LogP contribution in [0.3, 0.4) is 0 Å².